The number of carboxylic acids is 1. The van der Waals surface area contributed by atoms with Gasteiger partial charge >= 0.3 is 5.97 Å². The average Bonchev–Trinajstić information content (AvgIpc) is 2.90. The highest BCUT2D eigenvalue weighted by Gasteiger charge is 2.41. The fraction of sp³-hybridized carbons (Fsp3) is 0.407. The number of carbonyl (C=O) groups is 1. The molecule has 0 aliphatic carbocycles. The summed E-state index contributed by atoms with van der Waals surface area (Å²) in [6.07, 6.45) is 0.735. The first-order valence-electron chi connectivity index (χ1n) is 12.1. The van der Waals surface area contributed by atoms with Crippen molar-refractivity contribution in [2.24, 2.45) is 5.41 Å². The zero-order valence-corrected chi connectivity index (χ0v) is 22.2. The summed E-state index contributed by atoms with van der Waals surface area (Å²) in [5.41, 5.74) is -0.221. The Labute approximate surface area is 227 Å². The summed E-state index contributed by atoms with van der Waals surface area (Å²) < 4.78 is 60.8. The summed E-state index contributed by atoms with van der Waals surface area (Å²) >= 11 is 7.51. The Bertz CT molecular complexity index is 1300. The van der Waals surface area contributed by atoms with E-state index in [0.29, 0.717) is 54.9 Å². The van der Waals surface area contributed by atoms with E-state index < -0.39 is 35.0 Å². The standard InChI is InChI=1S/C27H27ClF4N2O3S/c1-37-16-2-3-23-18(12-16)24(19(28)15-33-23)20(29)4-5-27(26(35)36)6-8-34(9-7-27)10-11-38-17-13-21(30)25(32)22(31)14-17/h2-3,12-15,20H,4-11H2,1H3,(H,35,36). The number of piperidine rings is 1. The number of likely N-dealkylation sites (tertiary alicyclic amines) is 1. The maximum Gasteiger partial charge on any atom is 0.309 e. The van der Waals surface area contributed by atoms with Crippen LogP contribution >= 0.6 is 23.4 Å². The second-order valence-electron chi connectivity index (χ2n) is 9.39. The van der Waals surface area contributed by atoms with Crippen LogP contribution in [-0.4, -0.2) is 53.5 Å². The molecule has 1 N–H and O–H groups in total. The summed E-state index contributed by atoms with van der Waals surface area (Å²) in [6, 6.07) is 7.03. The van der Waals surface area contributed by atoms with Crippen LogP contribution in [0.25, 0.3) is 10.9 Å². The molecule has 3 aromatic rings. The van der Waals surface area contributed by atoms with Gasteiger partial charge in [0, 0.05) is 34.3 Å². The Morgan fingerprint density at radius 1 is 1.21 bits per heavy atom. The molecule has 11 heteroatoms. The average molecular weight is 571 g/mol. The van der Waals surface area contributed by atoms with Crippen LogP contribution in [0.3, 0.4) is 0 Å². The van der Waals surface area contributed by atoms with Crippen molar-refractivity contribution < 1.29 is 32.2 Å². The summed E-state index contributed by atoms with van der Waals surface area (Å²) in [6.45, 7) is 1.55. The largest absolute Gasteiger partial charge is 0.497 e. The first-order chi connectivity index (χ1) is 18.1. The first kappa shape index (κ1) is 28.4. The number of carboxylic acid groups (broad SMARTS) is 1. The van der Waals surface area contributed by atoms with E-state index in [4.69, 9.17) is 16.3 Å². The molecule has 0 saturated carbocycles. The first-order valence-corrected chi connectivity index (χ1v) is 13.5. The number of hydrogen-bond donors (Lipinski definition) is 1. The smallest absolute Gasteiger partial charge is 0.309 e. The van der Waals surface area contributed by atoms with Crippen LogP contribution in [0, 0.1) is 22.9 Å². The molecular weight excluding hydrogens is 544 g/mol. The highest BCUT2D eigenvalue weighted by molar-refractivity contribution is 7.99. The van der Waals surface area contributed by atoms with Gasteiger partial charge in [0.25, 0.3) is 0 Å². The molecule has 1 aliphatic heterocycles. The summed E-state index contributed by atoms with van der Waals surface area (Å²) in [5, 5.41) is 10.8. The van der Waals surface area contributed by atoms with Crippen molar-refractivity contribution in [1.82, 2.24) is 9.88 Å². The Hall–Kier alpha value is -2.56. The van der Waals surface area contributed by atoms with Crippen LogP contribution < -0.4 is 4.74 Å². The van der Waals surface area contributed by atoms with Crippen LogP contribution in [-0.2, 0) is 4.79 Å². The molecule has 0 bridgehead atoms. The van der Waals surface area contributed by atoms with E-state index in [-0.39, 0.29) is 28.3 Å². The van der Waals surface area contributed by atoms with Gasteiger partial charge in [0.05, 0.1) is 23.1 Å². The van der Waals surface area contributed by atoms with E-state index in [1.807, 2.05) is 0 Å². The molecule has 1 fully saturated rings. The van der Waals surface area contributed by atoms with Gasteiger partial charge < -0.3 is 14.7 Å². The molecule has 38 heavy (non-hydrogen) atoms. The van der Waals surface area contributed by atoms with Gasteiger partial charge in [0.1, 0.15) is 11.9 Å². The minimum atomic E-state index is -1.50. The lowest BCUT2D eigenvalue weighted by Gasteiger charge is -2.39. The van der Waals surface area contributed by atoms with Gasteiger partial charge in [-0.3, -0.25) is 9.78 Å². The molecule has 2 aromatic carbocycles. The predicted molar refractivity (Wildman–Crippen MR) is 139 cm³/mol. The van der Waals surface area contributed by atoms with Crippen molar-refractivity contribution in [1.29, 1.82) is 0 Å². The number of pyridine rings is 1. The maximum atomic E-state index is 15.6. The molecule has 4 rings (SSSR count). The number of thioether (sulfide) groups is 1. The zero-order valence-electron chi connectivity index (χ0n) is 20.7. The van der Waals surface area contributed by atoms with Gasteiger partial charge in [-0.2, -0.15) is 0 Å². The number of nitrogens with zero attached hydrogens (tertiary/aromatic N) is 2. The topological polar surface area (TPSA) is 62.7 Å². The van der Waals surface area contributed by atoms with Crippen molar-refractivity contribution in [3.63, 3.8) is 0 Å². The third kappa shape index (κ3) is 6.18. The van der Waals surface area contributed by atoms with Crippen LogP contribution in [0.15, 0.2) is 41.4 Å². The monoisotopic (exact) mass is 570 g/mol. The van der Waals surface area contributed by atoms with Gasteiger partial charge in [0.15, 0.2) is 17.5 Å². The maximum absolute atomic E-state index is 15.6. The van der Waals surface area contributed by atoms with Gasteiger partial charge in [-0.1, -0.05) is 11.6 Å². The zero-order chi connectivity index (χ0) is 27.4. The fourth-order valence-electron chi connectivity index (χ4n) is 4.84. The van der Waals surface area contributed by atoms with Crippen molar-refractivity contribution >= 4 is 40.2 Å². The summed E-state index contributed by atoms with van der Waals surface area (Å²) in [7, 11) is 1.51. The van der Waals surface area contributed by atoms with Crippen LogP contribution in [0.1, 0.15) is 37.4 Å². The van der Waals surface area contributed by atoms with Crippen LogP contribution in [0.2, 0.25) is 5.02 Å². The van der Waals surface area contributed by atoms with Crippen molar-refractivity contribution in [2.45, 2.75) is 36.8 Å². The van der Waals surface area contributed by atoms with Crippen molar-refractivity contribution in [2.75, 3.05) is 32.5 Å². The number of benzene rings is 2. The molecular formula is C27H27ClF4N2O3S. The molecule has 1 aromatic heterocycles. The number of halogens is 5. The molecule has 204 valence electrons. The van der Waals surface area contributed by atoms with Gasteiger partial charge in [0.2, 0.25) is 0 Å². The number of ether oxygens (including phenoxy) is 1. The third-order valence-electron chi connectivity index (χ3n) is 7.16. The van der Waals surface area contributed by atoms with E-state index in [0.717, 1.165) is 12.1 Å². The fourth-order valence-corrected chi connectivity index (χ4v) is 6.07. The lowest BCUT2D eigenvalue weighted by Crippen LogP contribution is -2.45. The Morgan fingerprint density at radius 2 is 1.89 bits per heavy atom. The quantitative estimate of drug-likeness (QED) is 0.160. The highest BCUT2D eigenvalue weighted by Crippen LogP contribution is 2.42. The van der Waals surface area contributed by atoms with Gasteiger partial charge in [-0.05, 0) is 69.1 Å². The van der Waals surface area contributed by atoms with E-state index in [2.05, 4.69) is 9.88 Å². The number of methoxy groups -OCH3 is 1. The molecule has 0 amide bonds. The third-order valence-corrected chi connectivity index (χ3v) is 8.42. The lowest BCUT2D eigenvalue weighted by atomic mass is 9.74. The van der Waals surface area contributed by atoms with Gasteiger partial charge in [-0.25, -0.2) is 17.6 Å². The van der Waals surface area contributed by atoms with E-state index in [1.165, 1.54) is 25.1 Å². The molecule has 1 saturated heterocycles. The highest BCUT2D eigenvalue weighted by atomic mass is 35.5. The van der Waals surface area contributed by atoms with E-state index >= 15 is 4.39 Å². The molecule has 5 nitrogen and oxygen atoms in total. The molecule has 1 atom stereocenters. The lowest BCUT2D eigenvalue weighted by molar-refractivity contribution is -0.153. The van der Waals surface area contributed by atoms with Crippen molar-refractivity contribution in [3.8, 4) is 5.75 Å². The number of aliphatic carboxylic acids is 1. The van der Waals surface area contributed by atoms with E-state index in [9.17, 15) is 23.1 Å². The molecule has 1 aliphatic rings. The van der Waals surface area contributed by atoms with Crippen LogP contribution in [0.5, 0.6) is 5.75 Å². The Balaban J connectivity index is 1.36. The second kappa shape index (κ2) is 12.1. The Morgan fingerprint density at radius 3 is 2.53 bits per heavy atom. The number of alkyl halides is 1. The Kier molecular flexibility index (Phi) is 9.05. The van der Waals surface area contributed by atoms with Crippen molar-refractivity contribution in [3.05, 3.63) is 64.6 Å². The van der Waals surface area contributed by atoms with Gasteiger partial charge in [-0.15, -0.1) is 11.8 Å². The number of fused-ring (bicyclic) bond motifs is 1. The number of aromatic nitrogens is 1. The van der Waals surface area contributed by atoms with E-state index in [1.54, 1.807) is 18.2 Å². The SMILES string of the molecule is COc1ccc2ncc(Cl)c(C(F)CCC3(C(=O)O)CCN(CCSc4cc(F)c(F)c(F)c4)CC3)c2c1. The molecule has 1 unspecified atom stereocenters. The minimum Gasteiger partial charge on any atom is -0.497 e. The molecule has 2 heterocycles. The normalized spacial score (nSPS) is 16.5. The predicted octanol–water partition coefficient (Wildman–Crippen LogP) is 7.06. The number of hydrogen-bond acceptors (Lipinski definition) is 5. The second-order valence-corrected chi connectivity index (χ2v) is 11.0. The minimum absolute atomic E-state index is 0.0140. The number of rotatable bonds is 10. The van der Waals surface area contributed by atoms with Crippen LogP contribution in [0.4, 0.5) is 17.6 Å². The molecule has 0 spiro atoms. The summed E-state index contributed by atoms with van der Waals surface area (Å²) in [4.78, 5) is 18.9. The molecule has 0 radical (unpaired) electrons. The summed E-state index contributed by atoms with van der Waals surface area (Å²) in [5.74, 6) is -3.88.